The Morgan fingerprint density at radius 2 is 1.85 bits per heavy atom. The van der Waals surface area contributed by atoms with Crippen molar-refractivity contribution in [3.63, 3.8) is 0 Å². The number of hydrogen-bond acceptors (Lipinski definition) is 3. The highest BCUT2D eigenvalue weighted by Gasteiger charge is 2.08. The van der Waals surface area contributed by atoms with Crippen molar-refractivity contribution in [2.75, 3.05) is 0 Å². The molecule has 0 amide bonds. The van der Waals surface area contributed by atoms with Crippen LogP contribution in [0, 0.1) is 0 Å². The molecule has 0 aliphatic heterocycles. The van der Waals surface area contributed by atoms with E-state index in [1.807, 2.05) is 24.5 Å². The number of hydrogen-bond donors (Lipinski definition) is 1. The number of aryl methyl sites for hydroxylation is 3. The van der Waals surface area contributed by atoms with Crippen LogP contribution in [-0.4, -0.2) is 14.5 Å². The molecule has 2 N–H and O–H groups in total. The fraction of sp³-hybridized carbons (Fsp3) is 0.250. The van der Waals surface area contributed by atoms with Crippen LogP contribution in [0.5, 0.6) is 0 Å². The van der Waals surface area contributed by atoms with E-state index in [0.717, 1.165) is 35.3 Å². The molecular formula is C16H18N4. The van der Waals surface area contributed by atoms with Crippen molar-refractivity contribution in [3.05, 3.63) is 59.7 Å². The molecule has 4 nitrogen and oxygen atoms in total. The second kappa shape index (κ2) is 5.43. The number of rotatable bonds is 4. The Kier molecular flexibility index (Phi) is 3.48. The highest BCUT2D eigenvalue weighted by Crippen LogP contribution is 2.18. The van der Waals surface area contributed by atoms with Crippen LogP contribution >= 0.6 is 0 Å². The van der Waals surface area contributed by atoms with Crippen LogP contribution in [0.1, 0.15) is 17.0 Å². The molecule has 2 aromatic heterocycles. The molecule has 0 radical (unpaired) electrons. The lowest BCUT2D eigenvalue weighted by Gasteiger charge is -2.03. The van der Waals surface area contributed by atoms with Gasteiger partial charge >= 0.3 is 0 Å². The molecule has 3 aromatic rings. The van der Waals surface area contributed by atoms with E-state index in [2.05, 4.69) is 34.8 Å². The maximum absolute atomic E-state index is 5.70. The third kappa shape index (κ3) is 2.42. The molecule has 0 aliphatic rings. The summed E-state index contributed by atoms with van der Waals surface area (Å²) < 4.78 is 2.16. The number of benzene rings is 1. The van der Waals surface area contributed by atoms with Gasteiger partial charge < -0.3 is 10.3 Å². The molecule has 0 bridgehead atoms. The van der Waals surface area contributed by atoms with Crippen LogP contribution in [0.25, 0.3) is 11.0 Å². The predicted molar refractivity (Wildman–Crippen MR) is 80.3 cm³/mol. The minimum atomic E-state index is 0.563. The summed E-state index contributed by atoms with van der Waals surface area (Å²) in [6.07, 6.45) is 5.56. The summed E-state index contributed by atoms with van der Waals surface area (Å²) in [6.45, 7) is 0.563. The maximum atomic E-state index is 5.70. The average Bonchev–Trinajstić information content (AvgIpc) is 2.82. The average molecular weight is 266 g/mol. The maximum Gasteiger partial charge on any atom is 0.109 e. The quantitative estimate of drug-likeness (QED) is 0.787. The Morgan fingerprint density at radius 1 is 1.05 bits per heavy atom. The van der Waals surface area contributed by atoms with Crippen LogP contribution in [0.2, 0.25) is 0 Å². The molecule has 0 aliphatic carbocycles. The van der Waals surface area contributed by atoms with Crippen LogP contribution in [0.3, 0.4) is 0 Å². The van der Waals surface area contributed by atoms with Crippen LogP contribution < -0.4 is 5.73 Å². The van der Waals surface area contributed by atoms with Gasteiger partial charge in [-0.1, -0.05) is 6.07 Å². The second-order valence-corrected chi connectivity index (χ2v) is 4.97. The first-order valence-corrected chi connectivity index (χ1v) is 6.81. The Bertz CT molecular complexity index is 716. The molecule has 0 unspecified atom stereocenters. The fourth-order valence-electron chi connectivity index (χ4n) is 2.44. The molecule has 0 fully saturated rings. The monoisotopic (exact) mass is 266 g/mol. The molecule has 3 rings (SSSR count). The van der Waals surface area contributed by atoms with Crippen molar-refractivity contribution in [2.45, 2.75) is 19.4 Å². The highest BCUT2D eigenvalue weighted by molar-refractivity contribution is 5.76. The zero-order valence-electron chi connectivity index (χ0n) is 11.6. The first-order valence-electron chi connectivity index (χ1n) is 6.81. The van der Waals surface area contributed by atoms with Crippen molar-refractivity contribution in [2.24, 2.45) is 12.8 Å². The van der Waals surface area contributed by atoms with Gasteiger partial charge in [0.2, 0.25) is 0 Å². The third-order valence-electron chi connectivity index (χ3n) is 3.66. The standard InChI is InChI=1S/C16H18N4/c1-20-15-10-13(11-17)2-4-14(15)19-16(20)5-3-12-6-8-18-9-7-12/h2,4,6-10H,3,5,11,17H2,1H3. The van der Waals surface area contributed by atoms with E-state index >= 15 is 0 Å². The minimum Gasteiger partial charge on any atom is -0.331 e. The van der Waals surface area contributed by atoms with E-state index < -0.39 is 0 Å². The molecular weight excluding hydrogens is 248 g/mol. The minimum absolute atomic E-state index is 0.563. The van der Waals surface area contributed by atoms with Crippen molar-refractivity contribution in [1.82, 2.24) is 14.5 Å². The number of imidazole rings is 1. The summed E-state index contributed by atoms with van der Waals surface area (Å²) in [5, 5.41) is 0. The van der Waals surface area contributed by atoms with E-state index in [9.17, 15) is 0 Å². The largest absolute Gasteiger partial charge is 0.331 e. The van der Waals surface area contributed by atoms with Gasteiger partial charge in [-0.15, -0.1) is 0 Å². The van der Waals surface area contributed by atoms with Gasteiger partial charge in [-0.3, -0.25) is 4.98 Å². The molecule has 0 spiro atoms. The molecule has 2 heterocycles. The molecule has 0 saturated carbocycles. The number of fused-ring (bicyclic) bond motifs is 1. The smallest absolute Gasteiger partial charge is 0.109 e. The first kappa shape index (κ1) is 12.8. The number of pyridine rings is 1. The van der Waals surface area contributed by atoms with E-state index in [-0.39, 0.29) is 0 Å². The molecule has 1 aromatic carbocycles. The SMILES string of the molecule is Cn1c(CCc2ccncc2)nc2ccc(CN)cc21. The summed E-state index contributed by atoms with van der Waals surface area (Å²) in [4.78, 5) is 8.75. The van der Waals surface area contributed by atoms with Crippen LogP contribution in [0.15, 0.2) is 42.7 Å². The Balaban J connectivity index is 1.86. The zero-order valence-corrected chi connectivity index (χ0v) is 11.6. The number of nitrogens with two attached hydrogens (primary N) is 1. The third-order valence-corrected chi connectivity index (χ3v) is 3.66. The Labute approximate surface area is 118 Å². The summed E-state index contributed by atoms with van der Waals surface area (Å²) in [5.41, 5.74) is 10.3. The molecule has 0 saturated heterocycles. The van der Waals surface area contributed by atoms with E-state index in [1.54, 1.807) is 0 Å². The number of nitrogens with zero attached hydrogens (tertiary/aromatic N) is 3. The normalized spacial score (nSPS) is 11.1. The lowest BCUT2D eigenvalue weighted by atomic mass is 10.1. The van der Waals surface area contributed by atoms with Gasteiger partial charge in [-0.05, 0) is 41.8 Å². The first-order chi connectivity index (χ1) is 9.78. The second-order valence-electron chi connectivity index (χ2n) is 4.97. The summed E-state index contributed by atoms with van der Waals surface area (Å²) in [7, 11) is 2.07. The van der Waals surface area contributed by atoms with Crippen LogP contribution in [0.4, 0.5) is 0 Å². The lowest BCUT2D eigenvalue weighted by Crippen LogP contribution is -2.01. The van der Waals surface area contributed by atoms with Gasteiger partial charge in [0.1, 0.15) is 5.82 Å². The van der Waals surface area contributed by atoms with Gasteiger partial charge in [-0.2, -0.15) is 0 Å². The molecule has 0 atom stereocenters. The van der Waals surface area contributed by atoms with E-state index in [0.29, 0.717) is 6.54 Å². The zero-order chi connectivity index (χ0) is 13.9. The molecule has 4 heteroatoms. The van der Waals surface area contributed by atoms with Gasteiger partial charge in [0.25, 0.3) is 0 Å². The number of aromatic nitrogens is 3. The van der Waals surface area contributed by atoms with Crippen molar-refractivity contribution >= 4 is 11.0 Å². The molecule has 102 valence electrons. The Hall–Kier alpha value is -2.20. The van der Waals surface area contributed by atoms with Crippen molar-refractivity contribution in [3.8, 4) is 0 Å². The summed E-state index contributed by atoms with van der Waals surface area (Å²) in [5.74, 6) is 1.10. The van der Waals surface area contributed by atoms with Crippen molar-refractivity contribution < 1.29 is 0 Å². The topological polar surface area (TPSA) is 56.7 Å². The Morgan fingerprint density at radius 3 is 2.60 bits per heavy atom. The highest BCUT2D eigenvalue weighted by atomic mass is 15.1. The lowest BCUT2D eigenvalue weighted by molar-refractivity contribution is 0.786. The van der Waals surface area contributed by atoms with Gasteiger partial charge in [0, 0.05) is 32.4 Å². The van der Waals surface area contributed by atoms with Gasteiger partial charge in [-0.25, -0.2) is 4.98 Å². The predicted octanol–water partition coefficient (Wildman–Crippen LogP) is 2.21. The molecule has 20 heavy (non-hydrogen) atoms. The summed E-state index contributed by atoms with van der Waals surface area (Å²) in [6, 6.07) is 10.3. The summed E-state index contributed by atoms with van der Waals surface area (Å²) >= 11 is 0. The van der Waals surface area contributed by atoms with E-state index in [1.165, 1.54) is 5.56 Å². The van der Waals surface area contributed by atoms with Gasteiger partial charge in [0.15, 0.2) is 0 Å². The van der Waals surface area contributed by atoms with E-state index in [4.69, 9.17) is 10.7 Å². The fourth-order valence-corrected chi connectivity index (χ4v) is 2.44. The van der Waals surface area contributed by atoms with Crippen LogP contribution in [-0.2, 0) is 26.4 Å². The van der Waals surface area contributed by atoms with Crippen molar-refractivity contribution in [1.29, 1.82) is 0 Å². The van der Waals surface area contributed by atoms with Gasteiger partial charge in [0.05, 0.1) is 11.0 Å².